The minimum absolute atomic E-state index is 0.156. The molecule has 21 heavy (non-hydrogen) atoms. The first-order valence-corrected chi connectivity index (χ1v) is 10.2. The van der Waals surface area contributed by atoms with Crippen molar-refractivity contribution in [2.24, 2.45) is 0 Å². The molecule has 0 saturated heterocycles. The fraction of sp³-hybridized carbons (Fsp3) is 0.722. The first kappa shape index (κ1) is 20.0. The van der Waals surface area contributed by atoms with E-state index in [4.69, 9.17) is 0 Å². The van der Waals surface area contributed by atoms with Gasteiger partial charge in [0.2, 0.25) is 0 Å². The third kappa shape index (κ3) is 6.09. The molecule has 0 heterocycles. The fourth-order valence-electron chi connectivity index (χ4n) is 3.20. The maximum Gasteiger partial charge on any atom is 0.305 e. The van der Waals surface area contributed by atoms with Gasteiger partial charge < -0.3 is 4.74 Å². The smallest absolute Gasteiger partial charge is 0.305 e. The minimum Gasteiger partial charge on any atom is -0.469 e. The van der Waals surface area contributed by atoms with Crippen molar-refractivity contribution in [1.29, 1.82) is 0 Å². The SMILES string of the molecule is COC(=O)CC/C=C\CC#C[Si](C(C)C)(C(C)C)C(C)C. The van der Waals surface area contributed by atoms with Crippen molar-refractivity contribution in [3.8, 4) is 11.5 Å². The first-order valence-electron chi connectivity index (χ1n) is 8.00. The van der Waals surface area contributed by atoms with Gasteiger partial charge in [0.15, 0.2) is 0 Å². The van der Waals surface area contributed by atoms with Crippen LogP contribution in [0.15, 0.2) is 12.2 Å². The van der Waals surface area contributed by atoms with Crippen LogP contribution in [0.5, 0.6) is 0 Å². The molecule has 0 aliphatic carbocycles. The summed E-state index contributed by atoms with van der Waals surface area (Å²) in [5, 5.41) is 0. The lowest BCUT2D eigenvalue weighted by Gasteiger charge is -2.38. The zero-order chi connectivity index (χ0) is 16.5. The Kier molecular flexibility index (Phi) is 9.36. The average Bonchev–Trinajstić information content (AvgIpc) is 2.40. The predicted octanol–water partition coefficient (Wildman–Crippen LogP) is 5.11. The Morgan fingerprint density at radius 1 is 1.05 bits per heavy atom. The van der Waals surface area contributed by atoms with Crippen LogP contribution in [0.2, 0.25) is 16.6 Å². The summed E-state index contributed by atoms with van der Waals surface area (Å²) in [6.07, 6.45) is 6.05. The number of esters is 1. The van der Waals surface area contributed by atoms with Gasteiger partial charge in [-0.15, -0.1) is 11.5 Å². The Morgan fingerprint density at radius 3 is 2.00 bits per heavy atom. The van der Waals surface area contributed by atoms with E-state index < -0.39 is 8.07 Å². The van der Waals surface area contributed by atoms with Gasteiger partial charge in [-0.05, 0) is 23.0 Å². The molecule has 0 aliphatic heterocycles. The monoisotopic (exact) mass is 308 g/mol. The van der Waals surface area contributed by atoms with E-state index in [9.17, 15) is 4.79 Å². The van der Waals surface area contributed by atoms with E-state index in [1.165, 1.54) is 7.11 Å². The second-order valence-corrected chi connectivity index (χ2v) is 12.1. The van der Waals surface area contributed by atoms with Crippen LogP contribution in [0.4, 0.5) is 0 Å². The number of carbonyl (C=O) groups is 1. The molecular weight excluding hydrogens is 276 g/mol. The second kappa shape index (κ2) is 9.84. The van der Waals surface area contributed by atoms with Crippen LogP contribution in [0, 0.1) is 11.5 Å². The van der Waals surface area contributed by atoms with Crippen LogP contribution < -0.4 is 0 Å². The van der Waals surface area contributed by atoms with Crippen LogP contribution in [-0.4, -0.2) is 21.2 Å². The second-order valence-electron chi connectivity index (χ2n) is 6.49. The molecule has 0 atom stereocenters. The number of rotatable bonds is 7. The van der Waals surface area contributed by atoms with Crippen molar-refractivity contribution in [1.82, 2.24) is 0 Å². The van der Waals surface area contributed by atoms with Crippen LogP contribution >= 0.6 is 0 Å². The van der Waals surface area contributed by atoms with Crippen molar-refractivity contribution < 1.29 is 9.53 Å². The number of hydrogen-bond acceptors (Lipinski definition) is 2. The maximum atomic E-state index is 11.0. The summed E-state index contributed by atoms with van der Waals surface area (Å²) in [5.41, 5.74) is 5.71. The molecule has 0 rings (SSSR count). The summed E-state index contributed by atoms with van der Waals surface area (Å²) < 4.78 is 4.61. The minimum atomic E-state index is -1.59. The molecule has 0 aromatic carbocycles. The molecule has 120 valence electrons. The topological polar surface area (TPSA) is 26.3 Å². The van der Waals surface area contributed by atoms with Gasteiger partial charge >= 0.3 is 5.97 Å². The van der Waals surface area contributed by atoms with Gasteiger partial charge in [-0.25, -0.2) is 0 Å². The summed E-state index contributed by atoms with van der Waals surface area (Å²) in [7, 11) is -0.167. The lowest BCUT2D eigenvalue weighted by atomic mass is 10.3. The number of methoxy groups -OCH3 is 1. The third-order valence-corrected chi connectivity index (χ3v) is 10.6. The van der Waals surface area contributed by atoms with E-state index >= 15 is 0 Å². The largest absolute Gasteiger partial charge is 0.469 e. The molecule has 0 N–H and O–H groups in total. The lowest BCUT2D eigenvalue weighted by molar-refractivity contribution is -0.140. The van der Waals surface area contributed by atoms with Crippen molar-refractivity contribution in [2.75, 3.05) is 7.11 Å². The molecule has 0 radical (unpaired) electrons. The van der Waals surface area contributed by atoms with E-state index in [0.29, 0.717) is 23.0 Å². The molecule has 0 spiro atoms. The molecule has 0 aliphatic rings. The molecule has 0 aromatic heterocycles. The van der Waals surface area contributed by atoms with E-state index in [-0.39, 0.29) is 5.97 Å². The Bertz CT molecular complexity index is 375. The molecule has 0 fully saturated rings. The molecule has 0 aromatic rings. The highest BCUT2D eigenvalue weighted by molar-refractivity contribution is 6.90. The first-order chi connectivity index (χ1) is 9.78. The number of hydrogen-bond donors (Lipinski definition) is 0. The zero-order valence-corrected chi connectivity index (χ0v) is 15.8. The Morgan fingerprint density at radius 2 is 1.57 bits per heavy atom. The van der Waals surface area contributed by atoms with Gasteiger partial charge in [0.05, 0.1) is 7.11 Å². The molecular formula is C18H32O2Si. The molecule has 0 unspecified atom stereocenters. The summed E-state index contributed by atoms with van der Waals surface area (Å²) in [4.78, 5) is 11.0. The highest BCUT2D eigenvalue weighted by Crippen LogP contribution is 2.40. The summed E-state index contributed by atoms with van der Waals surface area (Å²) in [6, 6.07) is 0. The molecule has 0 saturated carbocycles. The molecule has 0 bridgehead atoms. The zero-order valence-electron chi connectivity index (χ0n) is 14.8. The highest BCUT2D eigenvalue weighted by Gasteiger charge is 2.41. The average molecular weight is 309 g/mol. The molecule has 0 amide bonds. The van der Waals surface area contributed by atoms with Crippen LogP contribution in [0.25, 0.3) is 0 Å². The van der Waals surface area contributed by atoms with Crippen LogP contribution in [-0.2, 0) is 9.53 Å². The molecule has 3 heteroatoms. The van der Waals surface area contributed by atoms with E-state index in [1.54, 1.807) is 0 Å². The number of allylic oxidation sites excluding steroid dienone is 2. The maximum absolute atomic E-state index is 11.0. The summed E-state index contributed by atoms with van der Waals surface area (Å²) in [5.74, 6) is 3.23. The van der Waals surface area contributed by atoms with Crippen LogP contribution in [0.1, 0.15) is 60.8 Å². The lowest BCUT2D eigenvalue weighted by Crippen LogP contribution is -2.43. The Labute approximate surface area is 132 Å². The van der Waals surface area contributed by atoms with Gasteiger partial charge in [-0.2, -0.15) is 0 Å². The Hall–Kier alpha value is -1.01. The predicted molar refractivity (Wildman–Crippen MR) is 93.8 cm³/mol. The number of carbonyl (C=O) groups excluding carboxylic acids is 1. The molecule has 2 nitrogen and oxygen atoms in total. The van der Waals surface area contributed by atoms with Gasteiger partial charge in [0.25, 0.3) is 0 Å². The van der Waals surface area contributed by atoms with Gasteiger partial charge in [0, 0.05) is 12.8 Å². The van der Waals surface area contributed by atoms with Crippen molar-refractivity contribution in [3.05, 3.63) is 12.2 Å². The third-order valence-electron chi connectivity index (χ3n) is 4.30. The van der Waals surface area contributed by atoms with E-state index in [1.807, 2.05) is 6.08 Å². The summed E-state index contributed by atoms with van der Waals surface area (Å²) >= 11 is 0. The van der Waals surface area contributed by atoms with Gasteiger partial charge in [-0.1, -0.05) is 53.7 Å². The van der Waals surface area contributed by atoms with Crippen molar-refractivity contribution >= 4 is 14.0 Å². The van der Waals surface area contributed by atoms with Gasteiger partial charge in [-0.3, -0.25) is 4.79 Å². The van der Waals surface area contributed by atoms with E-state index in [2.05, 4.69) is 63.8 Å². The Balaban J connectivity index is 4.63. The highest BCUT2D eigenvalue weighted by atomic mass is 28.3. The van der Waals surface area contributed by atoms with Gasteiger partial charge in [0.1, 0.15) is 8.07 Å². The van der Waals surface area contributed by atoms with Crippen LogP contribution in [0.3, 0.4) is 0 Å². The quantitative estimate of drug-likeness (QED) is 0.283. The normalized spacial score (nSPS) is 12.1. The fourth-order valence-corrected chi connectivity index (χ4v) is 8.47. The van der Waals surface area contributed by atoms with Crippen molar-refractivity contribution in [3.63, 3.8) is 0 Å². The number of ether oxygens (including phenoxy) is 1. The summed E-state index contributed by atoms with van der Waals surface area (Å²) in [6.45, 7) is 14.0. The van der Waals surface area contributed by atoms with E-state index in [0.717, 1.165) is 12.8 Å². The van der Waals surface area contributed by atoms with Crippen molar-refractivity contribution in [2.45, 2.75) is 77.4 Å². The standard InChI is InChI=1S/C18H32O2Si/c1-15(2)21(16(3)4,17(5)6)14-12-10-8-9-11-13-18(19)20-7/h8-9,15-17H,10-11,13H2,1-7H3/b9-8-.